The predicted octanol–water partition coefficient (Wildman–Crippen LogP) is 2.81. The predicted molar refractivity (Wildman–Crippen MR) is 77.7 cm³/mol. The zero-order chi connectivity index (χ0) is 13.4. The quantitative estimate of drug-likeness (QED) is 0.869. The minimum atomic E-state index is -0.368. The summed E-state index contributed by atoms with van der Waals surface area (Å²) in [7, 11) is 0. The molecular formula is C15H17NO2S. The number of hydrogen-bond acceptors (Lipinski definition) is 3. The van der Waals surface area contributed by atoms with Gasteiger partial charge in [-0.1, -0.05) is 18.2 Å². The number of benzene rings is 1. The van der Waals surface area contributed by atoms with Crippen LogP contribution in [0.3, 0.4) is 0 Å². The van der Waals surface area contributed by atoms with E-state index in [1.54, 1.807) is 16.2 Å². The van der Waals surface area contributed by atoms with Crippen LogP contribution in [-0.2, 0) is 0 Å². The third kappa shape index (κ3) is 2.26. The van der Waals surface area contributed by atoms with Crippen molar-refractivity contribution in [2.75, 3.05) is 13.1 Å². The van der Waals surface area contributed by atoms with E-state index in [2.05, 4.69) is 12.1 Å². The number of aryl methyl sites for hydroxylation is 1. The van der Waals surface area contributed by atoms with Crippen molar-refractivity contribution in [2.24, 2.45) is 0 Å². The summed E-state index contributed by atoms with van der Waals surface area (Å²) in [6, 6.07) is 8.11. The number of hydrogen-bond donors (Lipinski definition) is 1. The van der Waals surface area contributed by atoms with Gasteiger partial charge in [-0.3, -0.25) is 4.79 Å². The van der Waals surface area contributed by atoms with Gasteiger partial charge in [-0.15, -0.1) is 11.3 Å². The molecule has 0 radical (unpaired) electrons. The number of β-amino-alcohol motifs (C(OH)–C–C–N with tert-alkyl or cyclic N) is 1. The fourth-order valence-electron chi connectivity index (χ4n) is 2.66. The summed E-state index contributed by atoms with van der Waals surface area (Å²) in [5.74, 6) is 0.0671. The van der Waals surface area contributed by atoms with Crippen LogP contribution in [0, 0.1) is 6.92 Å². The highest BCUT2D eigenvalue weighted by molar-refractivity contribution is 7.21. The van der Waals surface area contributed by atoms with Crippen molar-refractivity contribution in [1.29, 1.82) is 0 Å². The third-order valence-electron chi connectivity index (χ3n) is 3.72. The highest BCUT2D eigenvalue weighted by Crippen LogP contribution is 2.31. The van der Waals surface area contributed by atoms with Gasteiger partial charge in [-0.25, -0.2) is 0 Å². The Hall–Kier alpha value is -1.39. The number of amides is 1. The fourth-order valence-corrected chi connectivity index (χ4v) is 3.84. The third-order valence-corrected chi connectivity index (χ3v) is 4.98. The van der Waals surface area contributed by atoms with Crippen LogP contribution in [0.2, 0.25) is 0 Å². The number of likely N-dealkylation sites (tertiary alicyclic amines) is 1. The minimum absolute atomic E-state index is 0.0671. The van der Waals surface area contributed by atoms with Gasteiger partial charge in [0, 0.05) is 17.8 Å². The number of aliphatic hydroxyl groups is 1. The molecule has 2 heterocycles. The molecule has 0 spiro atoms. The SMILES string of the molecule is Cc1c(C(=O)N2CCCC(O)C2)sc2ccccc12. The fraction of sp³-hybridized carbons (Fsp3) is 0.400. The summed E-state index contributed by atoms with van der Waals surface area (Å²) >= 11 is 1.55. The van der Waals surface area contributed by atoms with Gasteiger partial charge in [0.1, 0.15) is 0 Å². The Bertz CT molecular complexity index is 620. The van der Waals surface area contributed by atoms with Crippen molar-refractivity contribution < 1.29 is 9.90 Å². The zero-order valence-corrected chi connectivity index (χ0v) is 11.7. The van der Waals surface area contributed by atoms with E-state index in [0.717, 1.165) is 39.9 Å². The first kappa shape index (κ1) is 12.6. The van der Waals surface area contributed by atoms with Crippen LogP contribution in [0.4, 0.5) is 0 Å². The summed E-state index contributed by atoms with van der Waals surface area (Å²) in [6.07, 6.45) is 1.32. The molecule has 1 amide bonds. The lowest BCUT2D eigenvalue weighted by Gasteiger charge is -2.29. The Morgan fingerprint density at radius 1 is 1.42 bits per heavy atom. The first-order chi connectivity index (χ1) is 9.16. The second-order valence-electron chi connectivity index (χ2n) is 5.10. The molecule has 1 unspecified atom stereocenters. The van der Waals surface area contributed by atoms with Gasteiger partial charge < -0.3 is 10.0 Å². The number of thiophene rings is 1. The van der Waals surface area contributed by atoms with Gasteiger partial charge in [0.2, 0.25) is 0 Å². The summed E-state index contributed by atoms with van der Waals surface area (Å²) in [5, 5.41) is 10.9. The smallest absolute Gasteiger partial charge is 0.264 e. The number of carbonyl (C=O) groups excluding carboxylic acids is 1. The highest BCUT2D eigenvalue weighted by atomic mass is 32.1. The van der Waals surface area contributed by atoms with Crippen LogP contribution in [0.25, 0.3) is 10.1 Å². The number of piperidine rings is 1. The van der Waals surface area contributed by atoms with E-state index in [1.807, 2.05) is 19.1 Å². The standard InChI is InChI=1S/C15H17NO2S/c1-10-12-6-2-3-7-13(12)19-14(10)15(18)16-8-4-5-11(17)9-16/h2-3,6-7,11,17H,4-5,8-9H2,1H3. The van der Waals surface area contributed by atoms with E-state index in [-0.39, 0.29) is 12.0 Å². The second-order valence-corrected chi connectivity index (χ2v) is 6.15. The molecule has 0 bridgehead atoms. The Morgan fingerprint density at radius 3 is 2.95 bits per heavy atom. The number of nitrogens with zero attached hydrogens (tertiary/aromatic N) is 1. The summed E-state index contributed by atoms with van der Waals surface area (Å²) < 4.78 is 1.15. The normalized spacial score (nSPS) is 19.9. The molecule has 100 valence electrons. The molecule has 1 saturated heterocycles. The molecule has 2 aromatic rings. The van der Waals surface area contributed by atoms with Gasteiger partial charge in [0.05, 0.1) is 11.0 Å². The molecule has 1 fully saturated rings. The van der Waals surface area contributed by atoms with Crippen molar-refractivity contribution in [2.45, 2.75) is 25.9 Å². The second kappa shape index (κ2) is 4.94. The Kier molecular flexibility index (Phi) is 3.29. The highest BCUT2D eigenvalue weighted by Gasteiger charge is 2.25. The molecule has 1 atom stereocenters. The topological polar surface area (TPSA) is 40.5 Å². The Balaban J connectivity index is 1.95. The van der Waals surface area contributed by atoms with Crippen LogP contribution < -0.4 is 0 Å². The molecule has 1 aromatic heterocycles. The van der Waals surface area contributed by atoms with Crippen LogP contribution in [0.5, 0.6) is 0 Å². The molecule has 4 heteroatoms. The average Bonchev–Trinajstić information content (AvgIpc) is 2.76. The summed E-state index contributed by atoms with van der Waals surface area (Å²) in [5.41, 5.74) is 1.06. The van der Waals surface area contributed by atoms with Gasteiger partial charge in [0.25, 0.3) is 5.91 Å². The van der Waals surface area contributed by atoms with Crippen LogP contribution in [0.15, 0.2) is 24.3 Å². The van der Waals surface area contributed by atoms with Crippen molar-refractivity contribution in [3.63, 3.8) is 0 Å². The molecule has 0 saturated carbocycles. The lowest BCUT2D eigenvalue weighted by molar-refractivity contribution is 0.0477. The van der Waals surface area contributed by atoms with Gasteiger partial charge in [-0.05, 0) is 36.8 Å². The average molecular weight is 275 g/mol. The molecular weight excluding hydrogens is 258 g/mol. The molecule has 1 aliphatic rings. The van der Waals surface area contributed by atoms with E-state index in [9.17, 15) is 9.90 Å². The van der Waals surface area contributed by atoms with Gasteiger partial charge >= 0.3 is 0 Å². The van der Waals surface area contributed by atoms with Crippen molar-refractivity contribution in [1.82, 2.24) is 4.90 Å². The molecule has 3 rings (SSSR count). The minimum Gasteiger partial charge on any atom is -0.391 e. The first-order valence-electron chi connectivity index (χ1n) is 6.62. The largest absolute Gasteiger partial charge is 0.391 e. The number of aliphatic hydroxyl groups excluding tert-OH is 1. The molecule has 19 heavy (non-hydrogen) atoms. The zero-order valence-electron chi connectivity index (χ0n) is 10.9. The lowest BCUT2D eigenvalue weighted by Crippen LogP contribution is -2.42. The van der Waals surface area contributed by atoms with Crippen LogP contribution in [-0.4, -0.2) is 35.1 Å². The monoisotopic (exact) mass is 275 g/mol. The molecule has 0 aliphatic carbocycles. The number of carbonyl (C=O) groups is 1. The van der Waals surface area contributed by atoms with Crippen LogP contribution >= 0.6 is 11.3 Å². The van der Waals surface area contributed by atoms with Crippen molar-refractivity contribution in [3.05, 3.63) is 34.7 Å². The molecule has 3 nitrogen and oxygen atoms in total. The lowest BCUT2D eigenvalue weighted by atomic mass is 10.1. The van der Waals surface area contributed by atoms with Gasteiger partial charge in [0.15, 0.2) is 0 Å². The van der Waals surface area contributed by atoms with Crippen LogP contribution in [0.1, 0.15) is 28.1 Å². The maximum Gasteiger partial charge on any atom is 0.264 e. The van der Waals surface area contributed by atoms with E-state index >= 15 is 0 Å². The molecule has 1 aromatic carbocycles. The Morgan fingerprint density at radius 2 is 2.21 bits per heavy atom. The summed E-state index contributed by atoms with van der Waals surface area (Å²) in [4.78, 5) is 15.2. The number of rotatable bonds is 1. The van der Waals surface area contributed by atoms with Gasteiger partial charge in [-0.2, -0.15) is 0 Å². The maximum atomic E-state index is 12.6. The van der Waals surface area contributed by atoms with E-state index < -0.39 is 0 Å². The van der Waals surface area contributed by atoms with E-state index in [0.29, 0.717) is 6.54 Å². The Labute approximate surface area is 116 Å². The van der Waals surface area contributed by atoms with Crippen molar-refractivity contribution in [3.8, 4) is 0 Å². The first-order valence-corrected chi connectivity index (χ1v) is 7.44. The molecule has 1 aliphatic heterocycles. The van der Waals surface area contributed by atoms with E-state index in [4.69, 9.17) is 0 Å². The molecule has 1 N–H and O–H groups in total. The summed E-state index contributed by atoms with van der Waals surface area (Å²) in [6.45, 7) is 3.22. The number of fused-ring (bicyclic) bond motifs is 1. The van der Waals surface area contributed by atoms with Crippen molar-refractivity contribution >= 4 is 27.3 Å². The maximum absolute atomic E-state index is 12.6. The van der Waals surface area contributed by atoms with E-state index in [1.165, 1.54) is 0 Å².